The zero-order valence-electron chi connectivity index (χ0n) is 11.2. The Morgan fingerprint density at radius 3 is 2.39 bits per heavy atom. The van der Waals surface area contributed by atoms with Crippen molar-refractivity contribution in [3.8, 4) is 6.07 Å². The summed E-state index contributed by atoms with van der Waals surface area (Å²) >= 11 is 0. The van der Waals surface area contributed by atoms with E-state index in [9.17, 15) is 0 Å². The van der Waals surface area contributed by atoms with E-state index in [0.717, 1.165) is 26.1 Å². The van der Waals surface area contributed by atoms with Crippen LogP contribution in [0.2, 0.25) is 0 Å². The first-order chi connectivity index (χ1) is 8.69. The molecule has 1 aromatic carbocycles. The van der Waals surface area contributed by atoms with E-state index in [0.29, 0.717) is 6.04 Å². The van der Waals surface area contributed by atoms with Gasteiger partial charge in [0.15, 0.2) is 0 Å². The van der Waals surface area contributed by atoms with Gasteiger partial charge in [-0.05, 0) is 31.4 Å². The molecule has 0 bridgehead atoms. The lowest BCUT2D eigenvalue weighted by Crippen LogP contribution is -2.36. The van der Waals surface area contributed by atoms with Crippen LogP contribution in [-0.4, -0.2) is 23.5 Å². The highest BCUT2D eigenvalue weighted by molar-refractivity contribution is 5.30. The minimum Gasteiger partial charge on any atom is -0.300 e. The molecule has 0 spiro atoms. The summed E-state index contributed by atoms with van der Waals surface area (Å²) in [5.41, 5.74) is 2.87. The van der Waals surface area contributed by atoms with Gasteiger partial charge in [0.2, 0.25) is 0 Å². The predicted molar refractivity (Wildman–Crippen MR) is 72.8 cm³/mol. The van der Waals surface area contributed by atoms with Crippen molar-refractivity contribution >= 4 is 0 Å². The van der Waals surface area contributed by atoms with Crippen LogP contribution in [0.3, 0.4) is 0 Å². The predicted octanol–water partition coefficient (Wildman–Crippen LogP) is 2.28. The molecular formula is C15H21N3. The molecule has 0 radical (unpaired) electrons. The SMILES string of the molecule is CC(C)NC(C#N)CCN1Cc2ccccc2C1. The Morgan fingerprint density at radius 1 is 1.28 bits per heavy atom. The summed E-state index contributed by atoms with van der Waals surface area (Å²) in [4.78, 5) is 2.41. The number of nitrogens with zero attached hydrogens (tertiary/aromatic N) is 2. The standard InChI is InChI=1S/C15H21N3/c1-12(2)17-15(9-16)7-8-18-10-13-5-3-4-6-14(13)11-18/h3-6,12,15,17H,7-8,10-11H2,1-2H3. The maximum atomic E-state index is 9.09. The minimum atomic E-state index is -0.0336. The maximum absolute atomic E-state index is 9.09. The van der Waals surface area contributed by atoms with E-state index in [1.54, 1.807) is 0 Å². The molecule has 0 saturated carbocycles. The van der Waals surface area contributed by atoms with Crippen LogP contribution in [0.25, 0.3) is 0 Å². The Labute approximate surface area is 109 Å². The highest BCUT2D eigenvalue weighted by Crippen LogP contribution is 2.22. The van der Waals surface area contributed by atoms with Crippen molar-refractivity contribution in [2.75, 3.05) is 6.54 Å². The molecule has 0 amide bonds. The fraction of sp³-hybridized carbons (Fsp3) is 0.533. The summed E-state index contributed by atoms with van der Waals surface area (Å²) in [6.07, 6.45) is 0.892. The van der Waals surface area contributed by atoms with Gasteiger partial charge >= 0.3 is 0 Å². The summed E-state index contributed by atoms with van der Waals surface area (Å²) in [6.45, 7) is 7.19. The first-order valence-corrected chi connectivity index (χ1v) is 6.64. The summed E-state index contributed by atoms with van der Waals surface area (Å²) in [6, 6.07) is 11.3. The van der Waals surface area contributed by atoms with Gasteiger partial charge in [-0.2, -0.15) is 5.26 Å². The normalized spacial score (nSPS) is 16.6. The van der Waals surface area contributed by atoms with E-state index in [2.05, 4.69) is 54.4 Å². The Morgan fingerprint density at radius 2 is 1.89 bits per heavy atom. The Balaban J connectivity index is 1.81. The number of nitrogens with one attached hydrogen (secondary N) is 1. The highest BCUT2D eigenvalue weighted by atomic mass is 15.1. The monoisotopic (exact) mass is 243 g/mol. The Bertz CT molecular complexity index is 409. The number of rotatable bonds is 5. The van der Waals surface area contributed by atoms with Gasteiger partial charge in [-0.25, -0.2) is 0 Å². The van der Waals surface area contributed by atoms with E-state index in [4.69, 9.17) is 5.26 Å². The molecule has 3 heteroatoms. The van der Waals surface area contributed by atoms with Gasteiger partial charge in [0, 0.05) is 25.7 Å². The van der Waals surface area contributed by atoms with Gasteiger partial charge in [-0.1, -0.05) is 24.3 Å². The molecule has 1 aliphatic heterocycles. The maximum Gasteiger partial charge on any atom is 0.0967 e. The molecule has 18 heavy (non-hydrogen) atoms. The van der Waals surface area contributed by atoms with Crippen molar-refractivity contribution in [1.29, 1.82) is 5.26 Å². The summed E-state index contributed by atoms with van der Waals surface area (Å²) < 4.78 is 0. The number of benzene rings is 1. The zero-order valence-corrected chi connectivity index (χ0v) is 11.2. The van der Waals surface area contributed by atoms with Crippen LogP contribution in [0, 0.1) is 11.3 Å². The molecule has 1 aliphatic rings. The summed E-state index contributed by atoms with van der Waals surface area (Å²) in [7, 11) is 0. The lowest BCUT2D eigenvalue weighted by atomic mass is 10.1. The fourth-order valence-electron chi connectivity index (χ4n) is 2.46. The number of nitriles is 1. The quantitative estimate of drug-likeness (QED) is 0.862. The van der Waals surface area contributed by atoms with E-state index >= 15 is 0 Å². The van der Waals surface area contributed by atoms with Gasteiger partial charge in [-0.3, -0.25) is 10.2 Å². The Kier molecular flexibility index (Phi) is 4.35. The van der Waals surface area contributed by atoms with Crippen molar-refractivity contribution in [1.82, 2.24) is 10.2 Å². The van der Waals surface area contributed by atoms with Crippen molar-refractivity contribution < 1.29 is 0 Å². The van der Waals surface area contributed by atoms with E-state index in [1.807, 2.05) is 0 Å². The minimum absolute atomic E-state index is 0.0336. The third kappa shape index (κ3) is 3.32. The molecule has 1 atom stereocenters. The van der Waals surface area contributed by atoms with Crippen molar-refractivity contribution in [2.24, 2.45) is 0 Å². The molecule has 1 unspecified atom stereocenters. The van der Waals surface area contributed by atoms with Gasteiger partial charge in [0.25, 0.3) is 0 Å². The average molecular weight is 243 g/mol. The second-order valence-electron chi connectivity index (χ2n) is 5.27. The third-order valence-corrected chi connectivity index (χ3v) is 3.33. The smallest absolute Gasteiger partial charge is 0.0967 e. The molecular weight excluding hydrogens is 222 g/mol. The molecule has 1 N–H and O–H groups in total. The molecule has 2 rings (SSSR count). The number of hydrogen-bond acceptors (Lipinski definition) is 3. The lowest BCUT2D eigenvalue weighted by Gasteiger charge is -2.19. The topological polar surface area (TPSA) is 39.1 Å². The van der Waals surface area contributed by atoms with Crippen LogP contribution in [0.1, 0.15) is 31.4 Å². The molecule has 0 fully saturated rings. The lowest BCUT2D eigenvalue weighted by molar-refractivity contribution is 0.270. The molecule has 0 saturated heterocycles. The van der Waals surface area contributed by atoms with Crippen LogP contribution >= 0.6 is 0 Å². The van der Waals surface area contributed by atoms with E-state index in [-0.39, 0.29) is 6.04 Å². The average Bonchev–Trinajstić information content (AvgIpc) is 2.76. The van der Waals surface area contributed by atoms with Gasteiger partial charge in [-0.15, -0.1) is 0 Å². The molecule has 1 heterocycles. The number of fused-ring (bicyclic) bond motifs is 1. The summed E-state index contributed by atoms with van der Waals surface area (Å²) in [5, 5.41) is 12.4. The van der Waals surface area contributed by atoms with Gasteiger partial charge in [0.1, 0.15) is 0 Å². The summed E-state index contributed by atoms with van der Waals surface area (Å²) in [5.74, 6) is 0. The molecule has 0 aliphatic carbocycles. The molecule has 1 aromatic rings. The van der Waals surface area contributed by atoms with E-state index in [1.165, 1.54) is 11.1 Å². The van der Waals surface area contributed by atoms with E-state index < -0.39 is 0 Å². The van der Waals surface area contributed by atoms with Crippen LogP contribution in [0.15, 0.2) is 24.3 Å². The van der Waals surface area contributed by atoms with Crippen LogP contribution < -0.4 is 5.32 Å². The van der Waals surface area contributed by atoms with Gasteiger partial charge in [0.05, 0.1) is 12.1 Å². The zero-order chi connectivity index (χ0) is 13.0. The number of hydrogen-bond donors (Lipinski definition) is 1. The highest BCUT2D eigenvalue weighted by Gasteiger charge is 2.19. The van der Waals surface area contributed by atoms with Crippen LogP contribution in [0.5, 0.6) is 0 Å². The van der Waals surface area contributed by atoms with Crippen molar-refractivity contribution in [3.63, 3.8) is 0 Å². The van der Waals surface area contributed by atoms with Gasteiger partial charge < -0.3 is 0 Å². The third-order valence-electron chi connectivity index (χ3n) is 3.33. The Hall–Kier alpha value is -1.37. The first kappa shape index (κ1) is 13.1. The second-order valence-corrected chi connectivity index (χ2v) is 5.27. The first-order valence-electron chi connectivity index (χ1n) is 6.64. The van der Waals surface area contributed by atoms with Crippen molar-refractivity contribution in [3.05, 3.63) is 35.4 Å². The molecule has 3 nitrogen and oxygen atoms in total. The van der Waals surface area contributed by atoms with Crippen LogP contribution in [0.4, 0.5) is 0 Å². The van der Waals surface area contributed by atoms with Crippen molar-refractivity contribution in [2.45, 2.75) is 45.4 Å². The molecule has 0 aromatic heterocycles. The largest absolute Gasteiger partial charge is 0.300 e. The fourth-order valence-corrected chi connectivity index (χ4v) is 2.46. The second kappa shape index (κ2) is 5.99. The molecule has 96 valence electrons. The van der Waals surface area contributed by atoms with Crippen LogP contribution in [-0.2, 0) is 13.1 Å².